The van der Waals surface area contributed by atoms with E-state index in [1.54, 1.807) is 0 Å². The van der Waals surface area contributed by atoms with Crippen LogP contribution in [0.3, 0.4) is 0 Å². The first-order chi connectivity index (χ1) is 6.42. The Morgan fingerprint density at radius 1 is 1.14 bits per heavy atom. The van der Waals surface area contributed by atoms with E-state index in [1.807, 2.05) is 0 Å². The Bertz CT molecular complexity index is 397. The van der Waals surface area contributed by atoms with Crippen LogP contribution in [0.4, 0.5) is 13.2 Å². The molecule has 0 saturated heterocycles. The van der Waals surface area contributed by atoms with Crippen LogP contribution in [0.25, 0.3) is 0 Å². The van der Waals surface area contributed by atoms with Crippen molar-refractivity contribution < 1.29 is 21.6 Å². The van der Waals surface area contributed by atoms with Crippen molar-refractivity contribution in [2.75, 3.05) is 0 Å². The van der Waals surface area contributed by atoms with Crippen LogP contribution in [-0.2, 0) is 15.6 Å². The van der Waals surface area contributed by atoms with Gasteiger partial charge in [-0.25, -0.2) is 12.8 Å². The quantitative estimate of drug-likeness (QED) is 0.786. The van der Waals surface area contributed by atoms with Gasteiger partial charge in [0.2, 0.25) is 9.84 Å². The summed E-state index contributed by atoms with van der Waals surface area (Å²) in [6, 6.07) is 4.37. The molecule has 6 heteroatoms. The summed E-state index contributed by atoms with van der Waals surface area (Å²) in [7, 11) is -4.42. The molecule has 0 amide bonds. The standard InChI is InChI=1S/C8H7F3O2S/c9-7-3-1-6(2-4-7)5-14(12,13)8(10)11/h1-4,8H,5H2. The molecule has 1 rings (SSSR count). The predicted octanol–water partition coefficient (Wildman–Crippen LogP) is 1.96. The Labute approximate surface area is 79.3 Å². The van der Waals surface area contributed by atoms with E-state index in [1.165, 1.54) is 0 Å². The van der Waals surface area contributed by atoms with Gasteiger partial charge in [0.15, 0.2) is 0 Å². The number of alkyl halides is 2. The molecule has 0 aliphatic carbocycles. The Morgan fingerprint density at radius 3 is 2.07 bits per heavy atom. The van der Waals surface area contributed by atoms with Crippen LogP contribution in [-0.4, -0.2) is 14.2 Å². The largest absolute Gasteiger partial charge is 0.337 e. The number of hydrogen-bond donors (Lipinski definition) is 0. The lowest BCUT2D eigenvalue weighted by Crippen LogP contribution is -2.13. The van der Waals surface area contributed by atoms with E-state index in [2.05, 4.69) is 0 Å². The minimum atomic E-state index is -4.42. The summed E-state index contributed by atoms with van der Waals surface area (Å²) >= 11 is 0. The zero-order chi connectivity index (χ0) is 10.8. The molecule has 0 saturated carbocycles. The highest BCUT2D eigenvalue weighted by molar-refractivity contribution is 7.90. The minimum Gasteiger partial charge on any atom is -0.223 e. The van der Waals surface area contributed by atoms with E-state index < -0.39 is 27.2 Å². The summed E-state index contributed by atoms with van der Waals surface area (Å²) in [5, 5.41) is 0. The first kappa shape index (κ1) is 11.0. The molecule has 2 nitrogen and oxygen atoms in total. The first-order valence-corrected chi connectivity index (χ1v) is 5.37. The van der Waals surface area contributed by atoms with Crippen LogP contribution in [0.1, 0.15) is 5.56 Å². The minimum absolute atomic E-state index is 0.145. The molecule has 0 aliphatic rings. The summed E-state index contributed by atoms with van der Waals surface area (Å²) in [4.78, 5) is 0. The van der Waals surface area contributed by atoms with Crippen LogP contribution in [0.2, 0.25) is 0 Å². The van der Waals surface area contributed by atoms with Gasteiger partial charge in [0, 0.05) is 0 Å². The number of rotatable bonds is 3. The number of hydrogen-bond acceptors (Lipinski definition) is 2. The number of benzene rings is 1. The molecule has 0 fully saturated rings. The Balaban J connectivity index is 2.85. The maximum absolute atomic E-state index is 12.4. The summed E-state index contributed by atoms with van der Waals surface area (Å²) < 4.78 is 57.7. The summed E-state index contributed by atoms with van der Waals surface area (Å²) in [5.41, 5.74) is 0.145. The Hall–Kier alpha value is -1.04. The molecule has 0 heterocycles. The average molecular weight is 224 g/mol. The molecular formula is C8H7F3O2S. The van der Waals surface area contributed by atoms with Gasteiger partial charge in [-0.1, -0.05) is 12.1 Å². The van der Waals surface area contributed by atoms with Crippen molar-refractivity contribution in [3.05, 3.63) is 35.6 Å². The monoisotopic (exact) mass is 224 g/mol. The van der Waals surface area contributed by atoms with Crippen LogP contribution in [0, 0.1) is 5.82 Å². The topological polar surface area (TPSA) is 34.1 Å². The average Bonchev–Trinajstić information content (AvgIpc) is 2.08. The van der Waals surface area contributed by atoms with Gasteiger partial charge in [-0.15, -0.1) is 0 Å². The van der Waals surface area contributed by atoms with Crippen molar-refractivity contribution in [2.45, 2.75) is 11.5 Å². The highest BCUT2D eigenvalue weighted by Crippen LogP contribution is 2.13. The lowest BCUT2D eigenvalue weighted by atomic mass is 10.2. The van der Waals surface area contributed by atoms with E-state index in [-0.39, 0.29) is 5.56 Å². The van der Waals surface area contributed by atoms with Gasteiger partial charge in [0.25, 0.3) is 0 Å². The second-order valence-corrected chi connectivity index (χ2v) is 4.67. The lowest BCUT2D eigenvalue weighted by molar-refractivity contribution is 0.234. The summed E-state index contributed by atoms with van der Waals surface area (Å²) in [5.74, 6) is -4.71. The Kier molecular flexibility index (Phi) is 3.15. The molecule has 0 aromatic heterocycles. The van der Waals surface area contributed by atoms with E-state index >= 15 is 0 Å². The van der Waals surface area contributed by atoms with Crippen molar-refractivity contribution in [3.63, 3.8) is 0 Å². The van der Waals surface area contributed by atoms with Gasteiger partial charge >= 0.3 is 5.76 Å². The van der Waals surface area contributed by atoms with Gasteiger partial charge in [-0.2, -0.15) is 8.78 Å². The third-order valence-electron chi connectivity index (χ3n) is 1.55. The highest BCUT2D eigenvalue weighted by Gasteiger charge is 2.23. The number of halogens is 3. The summed E-state index contributed by atoms with van der Waals surface area (Å²) in [6.07, 6.45) is 0. The van der Waals surface area contributed by atoms with E-state index in [9.17, 15) is 21.6 Å². The van der Waals surface area contributed by atoms with Gasteiger partial charge in [0.1, 0.15) is 5.82 Å². The van der Waals surface area contributed by atoms with E-state index in [0.29, 0.717) is 0 Å². The second-order valence-electron chi connectivity index (χ2n) is 2.69. The zero-order valence-electron chi connectivity index (χ0n) is 6.95. The van der Waals surface area contributed by atoms with Crippen LogP contribution >= 0.6 is 0 Å². The summed E-state index contributed by atoms with van der Waals surface area (Å²) in [6.45, 7) is 0. The fourth-order valence-corrected chi connectivity index (χ4v) is 1.66. The first-order valence-electron chi connectivity index (χ1n) is 3.66. The number of sulfone groups is 1. The smallest absolute Gasteiger partial charge is 0.223 e. The van der Waals surface area contributed by atoms with Gasteiger partial charge < -0.3 is 0 Å². The fourth-order valence-electron chi connectivity index (χ4n) is 0.876. The third kappa shape index (κ3) is 2.73. The molecule has 1 aromatic carbocycles. The molecule has 0 radical (unpaired) electrons. The molecule has 78 valence electrons. The molecule has 1 aromatic rings. The van der Waals surface area contributed by atoms with Gasteiger partial charge in [-0.3, -0.25) is 0 Å². The maximum Gasteiger partial charge on any atom is 0.337 e. The van der Waals surface area contributed by atoms with E-state index in [4.69, 9.17) is 0 Å². The normalized spacial score (nSPS) is 12.0. The van der Waals surface area contributed by atoms with Gasteiger partial charge in [0.05, 0.1) is 5.75 Å². The molecule has 0 unspecified atom stereocenters. The molecule has 0 aliphatic heterocycles. The van der Waals surface area contributed by atoms with Crippen molar-refractivity contribution in [1.82, 2.24) is 0 Å². The van der Waals surface area contributed by atoms with E-state index in [0.717, 1.165) is 24.3 Å². The lowest BCUT2D eigenvalue weighted by Gasteiger charge is -2.02. The molecule has 0 bridgehead atoms. The molecule has 14 heavy (non-hydrogen) atoms. The molecular weight excluding hydrogens is 217 g/mol. The molecule has 0 atom stereocenters. The SMILES string of the molecule is O=S(=O)(Cc1ccc(F)cc1)C(F)F. The molecule has 0 N–H and O–H groups in total. The van der Waals surface area contributed by atoms with Crippen LogP contribution < -0.4 is 0 Å². The van der Waals surface area contributed by atoms with Crippen molar-refractivity contribution in [1.29, 1.82) is 0 Å². The third-order valence-corrected chi connectivity index (χ3v) is 2.83. The molecule has 0 spiro atoms. The van der Waals surface area contributed by atoms with Crippen molar-refractivity contribution in [2.24, 2.45) is 0 Å². The van der Waals surface area contributed by atoms with Crippen LogP contribution in [0.5, 0.6) is 0 Å². The van der Waals surface area contributed by atoms with Gasteiger partial charge in [-0.05, 0) is 17.7 Å². The maximum atomic E-state index is 12.4. The van der Waals surface area contributed by atoms with Crippen molar-refractivity contribution in [3.8, 4) is 0 Å². The fraction of sp³-hybridized carbons (Fsp3) is 0.250. The second kappa shape index (κ2) is 4.00. The zero-order valence-corrected chi connectivity index (χ0v) is 7.77. The van der Waals surface area contributed by atoms with Crippen LogP contribution in [0.15, 0.2) is 24.3 Å². The highest BCUT2D eigenvalue weighted by atomic mass is 32.2. The van der Waals surface area contributed by atoms with Crippen molar-refractivity contribution >= 4 is 9.84 Å². The predicted molar refractivity (Wildman–Crippen MR) is 45.0 cm³/mol. The Morgan fingerprint density at radius 2 is 1.64 bits per heavy atom.